The van der Waals surface area contributed by atoms with Crippen molar-refractivity contribution < 1.29 is 38.1 Å². The molecule has 65 heavy (non-hydrogen) atoms. The average molecular weight is 883 g/mol. The molecule has 0 unspecified atom stereocenters. The van der Waals surface area contributed by atoms with Gasteiger partial charge in [-0.15, -0.1) is 0 Å². The number of benzene rings is 4. The number of ether oxygens (including phenoxy) is 4. The molecule has 4 amide bonds. The summed E-state index contributed by atoms with van der Waals surface area (Å²) in [6.45, 7) is 7.76. The van der Waals surface area contributed by atoms with Gasteiger partial charge in [-0.1, -0.05) is 69.3 Å². The maximum Gasteiger partial charge on any atom is 0.407 e. The fraction of sp³-hybridized carbons (Fsp3) is 0.388. The summed E-state index contributed by atoms with van der Waals surface area (Å²) in [6, 6.07) is 21.4. The number of aromatic amines is 2. The van der Waals surface area contributed by atoms with E-state index in [2.05, 4.69) is 63.9 Å². The lowest BCUT2D eigenvalue weighted by atomic mass is 9.92. The molecule has 2 aromatic heterocycles. The number of alkyl carbamates (subject to hydrolysis) is 2. The number of nitrogens with one attached hydrogen (secondary N) is 4. The maximum absolute atomic E-state index is 14.3. The van der Waals surface area contributed by atoms with Crippen molar-refractivity contribution in [3.05, 3.63) is 102 Å². The van der Waals surface area contributed by atoms with E-state index in [1.807, 2.05) is 55.1 Å². The van der Waals surface area contributed by atoms with E-state index in [-0.39, 0.29) is 41.7 Å². The van der Waals surface area contributed by atoms with Gasteiger partial charge in [0.2, 0.25) is 5.91 Å². The van der Waals surface area contributed by atoms with Crippen LogP contribution in [0.15, 0.2) is 79.0 Å². The predicted molar refractivity (Wildman–Crippen MR) is 243 cm³/mol. The van der Waals surface area contributed by atoms with Crippen LogP contribution in [0.3, 0.4) is 0 Å². The topological polar surface area (TPSA) is 193 Å². The third-order valence-corrected chi connectivity index (χ3v) is 13.0. The number of nitrogens with zero attached hydrogens (tertiary/aromatic N) is 4. The van der Waals surface area contributed by atoms with Crippen LogP contribution in [0.1, 0.15) is 74.5 Å². The van der Waals surface area contributed by atoms with E-state index in [9.17, 15) is 19.2 Å². The highest BCUT2D eigenvalue weighted by atomic mass is 16.5. The second-order valence-electron chi connectivity index (χ2n) is 17.7. The summed E-state index contributed by atoms with van der Waals surface area (Å²) in [5, 5.41) is 7.41. The number of hydrogen-bond acceptors (Lipinski definition) is 10. The lowest BCUT2D eigenvalue weighted by Crippen LogP contribution is -2.51. The Morgan fingerprint density at radius 3 is 2.34 bits per heavy atom. The van der Waals surface area contributed by atoms with Crippen molar-refractivity contribution in [1.82, 2.24) is 40.4 Å². The number of hydrogen-bond donors (Lipinski definition) is 4. The minimum Gasteiger partial charge on any atom is -0.488 e. The molecule has 338 valence electrons. The molecule has 5 heterocycles. The number of fused-ring (bicyclic) bond motifs is 6. The van der Waals surface area contributed by atoms with Gasteiger partial charge in [-0.05, 0) is 76.6 Å². The Labute approximate surface area is 376 Å². The van der Waals surface area contributed by atoms with Crippen LogP contribution in [-0.4, -0.2) is 101 Å². The van der Waals surface area contributed by atoms with Crippen molar-refractivity contribution in [1.29, 1.82) is 0 Å². The van der Waals surface area contributed by atoms with Crippen molar-refractivity contribution >= 4 is 45.8 Å². The zero-order chi connectivity index (χ0) is 45.5. The minimum atomic E-state index is -0.948. The van der Waals surface area contributed by atoms with Crippen LogP contribution in [-0.2, 0) is 30.4 Å². The molecule has 0 bridgehead atoms. The van der Waals surface area contributed by atoms with Crippen LogP contribution in [0.25, 0.3) is 44.2 Å². The molecule has 2 saturated heterocycles. The van der Waals surface area contributed by atoms with Gasteiger partial charge in [0.05, 0.1) is 55.8 Å². The standard InChI is InChI=1S/C49H54N8O8/c1-26(2)41(54-48(60)63-5)46(58)56-22-27(3)16-38(56)45-51-36-15-13-30-19-35-33-14-12-31(18-32(33)25-65-40(35)20-34(30)43(36)53-45)37-21-50-44(52-37)39-17-28(24-62-4)23-57(39)47(59)42(55-49(61)64-6)29-10-8-7-9-11-29/h7-15,18-21,26-28,38-39,41-42H,16-17,22-25H2,1-6H3,(H,50,52)(H,51,53)(H,54,60)(H,55,61)/t27-,28-,38-,39-,41-,42+/m0/s1. The predicted octanol–water partition coefficient (Wildman–Crippen LogP) is 7.59. The fourth-order valence-corrected chi connectivity index (χ4v) is 9.77. The second kappa shape index (κ2) is 17.9. The van der Waals surface area contributed by atoms with Crippen LogP contribution in [0.4, 0.5) is 9.59 Å². The van der Waals surface area contributed by atoms with Crippen molar-refractivity contribution in [2.45, 2.75) is 64.4 Å². The first kappa shape index (κ1) is 43.3. The number of aromatic nitrogens is 4. The fourth-order valence-electron chi connectivity index (χ4n) is 9.77. The van der Waals surface area contributed by atoms with Gasteiger partial charge in [0.15, 0.2) is 0 Å². The zero-order valence-corrected chi connectivity index (χ0v) is 37.3. The maximum atomic E-state index is 14.3. The van der Waals surface area contributed by atoms with E-state index in [1.165, 1.54) is 14.2 Å². The van der Waals surface area contributed by atoms with Crippen LogP contribution >= 0.6 is 0 Å². The molecule has 16 heteroatoms. The highest BCUT2D eigenvalue weighted by molar-refractivity contribution is 6.07. The number of carbonyl (C=O) groups is 4. The Kier molecular flexibility index (Phi) is 11.9. The lowest BCUT2D eigenvalue weighted by molar-refractivity contribution is -0.136. The first-order valence-corrected chi connectivity index (χ1v) is 22.1. The number of carbonyl (C=O) groups excluding carboxylic acids is 4. The first-order valence-electron chi connectivity index (χ1n) is 22.1. The summed E-state index contributed by atoms with van der Waals surface area (Å²) >= 11 is 0. The van der Waals surface area contributed by atoms with E-state index in [0.29, 0.717) is 49.9 Å². The van der Waals surface area contributed by atoms with Gasteiger partial charge in [-0.25, -0.2) is 19.6 Å². The summed E-state index contributed by atoms with van der Waals surface area (Å²) in [5.41, 5.74) is 7.09. The Morgan fingerprint density at radius 1 is 0.831 bits per heavy atom. The molecule has 9 rings (SSSR count). The molecule has 3 aliphatic heterocycles. The second-order valence-corrected chi connectivity index (χ2v) is 17.7. The van der Waals surface area contributed by atoms with E-state index in [4.69, 9.17) is 28.9 Å². The quantitative estimate of drug-likeness (QED) is 0.101. The Balaban J connectivity index is 0.974. The van der Waals surface area contributed by atoms with Gasteiger partial charge in [-0.2, -0.15) is 0 Å². The number of rotatable bonds is 11. The van der Waals surface area contributed by atoms with Crippen molar-refractivity contribution in [3.63, 3.8) is 0 Å². The van der Waals surface area contributed by atoms with E-state index in [1.54, 1.807) is 18.2 Å². The summed E-state index contributed by atoms with van der Waals surface area (Å²) in [6.07, 6.45) is 1.83. The molecule has 0 spiro atoms. The number of H-pyrrole nitrogens is 2. The molecule has 4 N–H and O–H groups in total. The molecular weight excluding hydrogens is 829 g/mol. The molecule has 2 fully saturated rings. The molecule has 4 aromatic carbocycles. The molecule has 16 nitrogen and oxygen atoms in total. The third kappa shape index (κ3) is 8.34. The van der Waals surface area contributed by atoms with E-state index >= 15 is 0 Å². The number of methoxy groups -OCH3 is 3. The SMILES string of the molecule is COC[C@H]1C[C@@H](c2ncc(-c3ccc4c(c3)COc3cc5c(ccc6[nH]c([C@@H]7C[C@H](C)CN7C(=O)[C@@H](NC(=O)OC)C(C)C)nc65)cc3-4)[nH]2)N(C(=O)[C@H](NC(=O)OC)c2ccccc2)C1. The third-order valence-electron chi connectivity index (χ3n) is 13.0. The summed E-state index contributed by atoms with van der Waals surface area (Å²) in [5.74, 6) is 1.86. The Bertz CT molecular complexity index is 2770. The molecular formula is C49H54N8O8. The summed E-state index contributed by atoms with van der Waals surface area (Å²) in [7, 11) is 4.22. The average Bonchev–Trinajstić information content (AvgIpc) is 4.15. The smallest absolute Gasteiger partial charge is 0.407 e. The van der Waals surface area contributed by atoms with Gasteiger partial charge in [0.25, 0.3) is 5.91 Å². The highest BCUT2D eigenvalue weighted by Crippen LogP contribution is 2.44. The van der Waals surface area contributed by atoms with Crippen LogP contribution in [0, 0.1) is 17.8 Å². The molecule has 0 aliphatic carbocycles. The zero-order valence-electron chi connectivity index (χ0n) is 37.3. The van der Waals surface area contributed by atoms with Gasteiger partial charge in [0, 0.05) is 37.1 Å². The van der Waals surface area contributed by atoms with Gasteiger partial charge < -0.3 is 49.3 Å². The number of imidazole rings is 2. The van der Waals surface area contributed by atoms with Gasteiger partial charge in [-0.3, -0.25) is 9.59 Å². The van der Waals surface area contributed by atoms with E-state index < -0.39 is 24.3 Å². The minimum absolute atomic E-state index is 0.0678. The van der Waals surface area contributed by atoms with E-state index in [0.717, 1.165) is 61.9 Å². The largest absolute Gasteiger partial charge is 0.488 e. The van der Waals surface area contributed by atoms with Crippen LogP contribution in [0.2, 0.25) is 0 Å². The molecule has 3 aliphatic rings. The van der Waals surface area contributed by atoms with Crippen molar-refractivity contribution in [2.24, 2.45) is 17.8 Å². The number of likely N-dealkylation sites (tertiary alicyclic amines) is 2. The molecule has 0 radical (unpaired) electrons. The molecule has 0 saturated carbocycles. The molecule has 6 atom stereocenters. The van der Waals surface area contributed by atoms with Gasteiger partial charge >= 0.3 is 12.2 Å². The normalized spacial score (nSPS) is 20.0. The van der Waals surface area contributed by atoms with Crippen LogP contribution < -0.4 is 15.4 Å². The van der Waals surface area contributed by atoms with Crippen molar-refractivity contribution in [2.75, 3.05) is 41.0 Å². The summed E-state index contributed by atoms with van der Waals surface area (Å²) in [4.78, 5) is 73.4. The summed E-state index contributed by atoms with van der Waals surface area (Å²) < 4.78 is 21.7. The monoisotopic (exact) mass is 882 g/mol. The highest BCUT2D eigenvalue weighted by Gasteiger charge is 2.42. The molecule has 6 aromatic rings. The number of amides is 4. The van der Waals surface area contributed by atoms with Crippen LogP contribution in [0.5, 0.6) is 5.75 Å². The van der Waals surface area contributed by atoms with Crippen molar-refractivity contribution in [3.8, 4) is 28.1 Å². The lowest BCUT2D eigenvalue weighted by Gasteiger charge is -2.30. The first-order chi connectivity index (χ1) is 31.4. The Hall–Kier alpha value is -6.94. The van der Waals surface area contributed by atoms with Gasteiger partial charge in [0.1, 0.15) is 36.1 Å². The Morgan fingerprint density at radius 2 is 1.58 bits per heavy atom.